The molecule has 0 saturated carbocycles. The van der Waals surface area contributed by atoms with Gasteiger partial charge in [0, 0.05) is 11.1 Å². The van der Waals surface area contributed by atoms with Crippen LogP contribution in [0.1, 0.15) is 64.6 Å². The van der Waals surface area contributed by atoms with Gasteiger partial charge >= 0.3 is 0 Å². The van der Waals surface area contributed by atoms with Gasteiger partial charge in [0.2, 0.25) is 0 Å². The molecule has 4 rings (SSSR count). The number of phenols is 1. The van der Waals surface area contributed by atoms with E-state index in [0.717, 1.165) is 12.5 Å². The number of ketones is 2. The smallest absolute Gasteiger partial charge is 0.198 e. The van der Waals surface area contributed by atoms with Crippen molar-refractivity contribution in [3.63, 3.8) is 0 Å². The fraction of sp³-hybridized carbons (Fsp3) is 0.455. The highest BCUT2D eigenvalue weighted by Gasteiger charge is 2.40. The zero-order chi connectivity index (χ0) is 21.6. The summed E-state index contributed by atoms with van der Waals surface area (Å²) in [5, 5.41) is 30.2. The second-order valence-electron chi connectivity index (χ2n) is 7.68. The summed E-state index contributed by atoms with van der Waals surface area (Å²) in [6.07, 6.45) is 0.675. The molecule has 3 N–H and O–H groups in total. The number of allylic oxidation sites excluding steroid dienone is 2. The molecule has 3 aliphatic rings. The van der Waals surface area contributed by atoms with E-state index in [4.69, 9.17) is 14.2 Å². The molecule has 1 aliphatic carbocycles. The number of aromatic hydroxyl groups is 1. The van der Waals surface area contributed by atoms with Gasteiger partial charge in [0.25, 0.3) is 0 Å². The van der Waals surface area contributed by atoms with Crippen molar-refractivity contribution in [3.8, 4) is 5.75 Å². The molecule has 1 aromatic carbocycles. The molecular weight excluding hydrogens is 392 g/mol. The molecule has 8 heteroatoms. The van der Waals surface area contributed by atoms with Crippen molar-refractivity contribution >= 4 is 17.6 Å². The van der Waals surface area contributed by atoms with Gasteiger partial charge in [-0.25, -0.2) is 0 Å². The van der Waals surface area contributed by atoms with Gasteiger partial charge in [-0.2, -0.15) is 0 Å². The number of carbonyl (C=O) groups excluding carboxylic acids is 2. The van der Waals surface area contributed by atoms with Gasteiger partial charge in [0.05, 0.1) is 30.1 Å². The molecule has 0 amide bonds. The lowest BCUT2D eigenvalue weighted by Gasteiger charge is -2.35. The van der Waals surface area contributed by atoms with Crippen molar-refractivity contribution in [2.75, 3.05) is 13.2 Å². The maximum atomic E-state index is 13.3. The van der Waals surface area contributed by atoms with Crippen LogP contribution in [-0.2, 0) is 14.2 Å². The summed E-state index contributed by atoms with van der Waals surface area (Å²) in [5.41, 5.74) is 1.06. The van der Waals surface area contributed by atoms with E-state index in [1.165, 1.54) is 0 Å². The first kappa shape index (κ1) is 20.7. The highest BCUT2D eigenvalue weighted by molar-refractivity contribution is 6.26. The van der Waals surface area contributed by atoms with Crippen LogP contribution in [0.2, 0.25) is 0 Å². The van der Waals surface area contributed by atoms with Crippen LogP contribution >= 0.6 is 0 Å². The Morgan fingerprint density at radius 1 is 1.23 bits per heavy atom. The third kappa shape index (κ3) is 3.35. The zero-order valence-corrected chi connectivity index (χ0v) is 16.8. The van der Waals surface area contributed by atoms with Gasteiger partial charge in [-0.3, -0.25) is 9.59 Å². The average Bonchev–Trinajstić information content (AvgIpc) is 2.70. The normalized spacial score (nSPS) is 28.3. The fourth-order valence-electron chi connectivity index (χ4n) is 4.10. The largest absolute Gasteiger partial charge is 0.507 e. The summed E-state index contributed by atoms with van der Waals surface area (Å²) in [6.45, 7) is 3.17. The van der Waals surface area contributed by atoms with E-state index in [0.29, 0.717) is 23.3 Å². The highest BCUT2D eigenvalue weighted by atomic mass is 16.7. The molecule has 1 saturated heterocycles. The van der Waals surface area contributed by atoms with E-state index in [1.54, 1.807) is 19.1 Å². The third-order valence-corrected chi connectivity index (χ3v) is 5.55. The Balaban J connectivity index is 1.77. The Hall–Kier alpha value is -2.52. The number of ether oxygens (including phenoxy) is 3. The molecule has 8 nitrogen and oxygen atoms in total. The monoisotopic (exact) mass is 416 g/mol. The van der Waals surface area contributed by atoms with Gasteiger partial charge in [-0.05, 0) is 37.1 Å². The number of Topliss-reactive ketones (excluding diaryl/α,β-unsaturated/α-hetero) is 1. The van der Waals surface area contributed by atoms with E-state index in [2.05, 4.69) is 0 Å². The standard InChI is InChI=1S/C22H24O8/c1-3-4-16-18-11(5-10(2)29-16)6-12-14(24)7-13(20(26)19(12)21(18)27)22-28-9-15(25)17(8-23)30-22/h5-7,15-17,22-23,25,27H,3-4,8-9H2,1-2H3. The van der Waals surface area contributed by atoms with E-state index >= 15 is 0 Å². The molecule has 1 aromatic rings. The molecule has 0 spiro atoms. The molecule has 4 unspecified atom stereocenters. The summed E-state index contributed by atoms with van der Waals surface area (Å²) < 4.78 is 16.7. The second kappa shape index (κ2) is 7.96. The van der Waals surface area contributed by atoms with Crippen molar-refractivity contribution in [1.29, 1.82) is 0 Å². The quantitative estimate of drug-likeness (QED) is 0.681. The van der Waals surface area contributed by atoms with Gasteiger partial charge in [0.15, 0.2) is 17.9 Å². The number of phenolic OH excluding ortho intramolecular Hbond substituents is 1. The molecule has 2 heterocycles. The number of hydrogen-bond acceptors (Lipinski definition) is 8. The number of carbonyl (C=O) groups is 2. The summed E-state index contributed by atoms with van der Waals surface area (Å²) in [4.78, 5) is 26.1. The summed E-state index contributed by atoms with van der Waals surface area (Å²) in [5.74, 6) is -0.655. The molecule has 160 valence electrons. The Kier molecular flexibility index (Phi) is 5.50. The first-order valence-electron chi connectivity index (χ1n) is 9.97. The minimum absolute atomic E-state index is 0.0800. The van der Waals surface area contributed by atoms with Crippen LogP contribution in [0, 0.1) is 0 Å². The van der Waals surface area contributed by atoms with Crippen LogP contribution in [0.5, 0.6) is 5.75 Å². The number of rotatable bonds is 4. The van der Waals surface area contributed by atoms with E-state index in [9.17, 15) is 24.9 Å². The summed E-state index contributed by atoms with van der Waals surface area (Å²) >= 11 is 0. The Labute approximate surface area is 173 Å². The predicted molar refractivity (Wildman–Crippen MR) is 105 cm³/mol. The van der Waals surface area contributed by atoms with Crippen molar-refractivity contribution in [2.45, 2.75) is 51.3 Å². The SMILES string of the molecule is CCCC1OC(C)=Cc2cc3c(c(O)c21)C(=O)C(C1OCC(O)C(CO)O1)=CC3=O. The lowest BCUT2D eigenvalue weighted by molar-refractivity contribution is -0.241. The van der Waals surface area contributed by atoms with Crippen LogP contribution in [0.25, 0.3) is 6.08 Å². The lowest BCUT2D eigenvalue weighted by atomic mass is 9.82. The van der Waals surface area contributed by atoms with Crippen LogP contribution < -0.4 is 0 Å². The zero-order valence-electron chi connectivity index (χ0n) is 16.8. The average molecular weight is 416 g/mol. The maximum absolute atomic E-state index is 13.3. The van der Waals surface area contributed by atoms with Crippen LogP contribution in [0.15, 0.2) is 23.5 Å². The first-order chi connectivity index (χ1) is 14.3. The van der Waals surface area contributed by atoms with Crippen molar-refractivity contribution in [2.24, 2.45) is 0 Å². The van der Waals surface area contributed by atoms with Crippen molar-refractivity contribution < 1.29 is 39.1 Å². The molecule has 2 aliphatic heterocycles. The Morgan fingerprint density at radius 3 is 2.70 bits per heavy atom. The highest BCUT2D eigenvalue weighted by Crippen LogP contribution is 2.44. The molecule has 0 radical (unpaired) electrons. The van der Waals surface area contributed by atoms with Crippen molar-refractivity contribution in [3.05, 3.63) is 45.7 Å². The number of aliphatic hydroxyl groups excluding tert-OH is 2. The van der Waals surface area contributed by atoms with Crippen LogP contribution in [0.3, 0.4) is 0 Å². The van der Waals surface area contributed by atoms with Gasteiger partial charge in [-0.15, -0.1) is 0 Å². The topological polar surface area (TPSA) is 123 Å². The fourth-order valence-corrected chi connectivity index (χ4v) is 4.10. The number of benzene rings is 1. The summed E-state index contributed by atoms with van der Waals surface area (Å²) in [6, 6.07) is 1.61. The third-order valence-electron chi connectivity index (χ3n) is 5.55. The molecule has 0 aromatic heterocycles. The first-order valence-corrected chi connectivity index (χ1v) is 9.97. The second-order valence-corrected chi connectivity index (χ2v) is 7.68. The molecule has 30 heavy (non-hydrogen) atoms. The maximum Gasteiger partial charge on any atom is 0.198 e. The Morgan fingerprint density at radius 2 is 2.00 bits per heavy atom. The van der Waals surface area contributed by atoms with Gasteiger partial charge in [-0.1, -0.05) is 13.3 Å². The van der Waals surface area contributed by atoms with Gasteiger partial charge in [0.1, 0.15) is 24.1 Å². The minimum atomic E-state index is -1.23. The molecule has 4 atom stereocenters. The number of fused-ring (bicyclic) bond motifs is 2. The van der Waals surface area contributed by atoms with E-state index in [-0.39, 0.29) is 29.1 Å². The van der Waals surface area contributed by atoms with Gasteiger partial charge < -0.3 is 29.5 Å². The number of aliphatic hydroxyl groups is 2. The molecule has 1 fully saturated rings. The van der Waals surface area contributed by atoms with Crippen LogP contribution in [0.4, 0.5) is 0 Å². The number of hydrogen-bond donors (Lipinski definition) is 3. The molecular formula is C22H24O8. The summed E-state index contributed by atoms with van der Waals surface area (Å²) in [7, 11) is 0. The minimum Gasteiger partial charge on any atom is -0.507 e. The predicted octanol–water partition coefficient (Wildman–Crippen LogP) is 2.02. The Bertz CT molecular complexity index is 960. The van der Waals surface area contributed by atoms with Crippen LogP contribution in [-0.4, -0.2) is 58.6 Å². The lowest BCUT2D eigenvalue weighted by Crippen LogP contribution is -2.47. The van der Waals surface area contributed by atoms with Crippen molar-refractivity contribution in [1.82, 2.24) is 0 Å². The van der Waals surface area contributed by atoms with E-state index in [1.807, 2.05) is 6.92 Å². The molecule has 0 bridgehead atoms. The van der Waals surface area contributed by atoms with E-state index < -0.39 is 42.8 Å².